The largest absolute Gasteiger partial charge is 0.518 e. The van der Waals surface area contributed by atoms with Crippen molar-refractivity contribution in [1.82, 2.24) is 5.32 Å². The van der Waals surface area contributed by atoms with Gasteiger partial charge in [-0.1, -0.05) is 51.1 Å². The van der Waals surface area contributed by atoms with Gasteiger partial charge in [0, 0.05) is 13.3 Å². The summed E-state index contributed by atoms with van der Waals surface area (Å²) >= 11 is 0. The predicted molar refractivity (Wildman–Crippen MR) is 91.0 cm³/mol. The normalized spacial score (nSPS) is 13.4. The third kappa shape index (κ3) is 5.29. The Morgan fingerprint density at radius 3 is 2.18 bits per heavy atom. The van der Waals surface area contributed by atoms with Gasteiger partial charge in [0.15, 0.2) is 0 Å². The maximum atomic E-state index is 12.5. The highest BCUT2D eigenvalue weighted by Crippen LogP contribution is 2.36. The second-order valence-corrected chi connectivity index (χ2v) is 11.8. The van der Waals surface area contributed by atoms with Gasteiger partial charge < -0.3 is 9.74 Å². The summed E-state index contributed by atoms with van der Waals surface area (Å²) in [5.41, 5.74) is 0.994. The number of carbonyl (C=O) groups excluding carboxylic acids is 2. The quantitative estimate of drug-likeness (QED) is 0.847. The first-order valence-electron chi connectivity index (χ1n) is 7.57. The Kier molecular flexibility index (Phi) is 5.94. The molecule has 0 saturated heterocycles. The minimum absolute atomic E-state index is 0.0593. The van der Waals surface area contributed by atoms with Gasteiger partial charge >= 0.3 is 5.97 Å². The minimum Gasteiger partial charge on any atom is -0.518 e. The van der Waals surface area contributed by atoms with E-state index in [1.807, 2.05) is 43.4 Å². The molecular weight excluding hydrogens is 294 g/mol. The average Bonchev–Trinajstić information content (AvgIpc) is 2.36. The van der Waals surface area contributed by atoms with Crippen molar-refractivity contribution >= 4 is 20.2 Å². The maximum absolute atomic E-state index is 12.5. The molecule has 0 spiro atoms. The van der Waals surface area contributed by atoms with Crippen LogP contribution in [0, 0.1) is 0 Å². The van der Waals surface area contributed by atoms with Gasteiger partial charge in [0.05, 0.1) is 0 Å². The first-order valence-corrected chi connectivity index (χ1v) is 10.5. The lowest BCUT2D eigenvalue weighted by atomic mass is 10.1. The van der Waals surface area contributed by atoms with Gasteiger partial charge in [-0.3, -0.25) is 9.59 Å². The molecule has 122 valence electrons. The highest BCUT2D eigenvalue weighted by molar-refractivity contribution is 6.75. The van der Waals surface area contributed by atoms with Crippen LogP contribution in [-0.2, 0) is 20.4 Å². The zero-order chi connectivity index (χ0) is 17.0. The van der Waals surface area contributed by atoms with E-state index < -0.39 is 14.4 Å². The van der Waals surface area contributed by atoms with Crippen LogP contribution in [0.2, 0.25) is 18.1 Å². The first kappa shape index (κ1) is 18.4. The van der Waals surface area contributed by atoms with E-state index in [9.17, 15) is 9.59 Å². The molecule has 0 aliphatic rings. The second-order valence-electron chi connectivity index (χ2n) is 7.12. The lowest BCUT2D eigenvalue weighted by molar-refractivity contribution is -0.140. The molecule has 1 aromatic carbocycles. The van der Waals surface area contributed by atoms with Gasteiger partial charge in [-0.15, -0.1) is 0 Å². The van der Waals surface area contributed by atoms with Crippen LogP contribution in [0.3, 0.4) is 0 Å². The van der Waals surface area contributed by atoms with Gasteiger partial charge in [-0.2, -0.15) is 0 Å². The van der Waals surface area contributed by atoms with Gasteiger partial charge in [-0.25, -0.2) is 0 Å². The van der Waals surface area contributed by atoms with E-state index >= 15 is 0 Å². The Morgan fingerprint density at radius 2 is 1.73 bits per heavy atom. The maximum Gasteiger partial charge on any atom is 0.315 e. The number of benzene rings is 1. The summed E-state index contributed by atoms with van der Waals surface area (Å²) in [6.07, 6.45) is 0.438. The van der Waals surface area contributed by atoms with E-state index in [0.29, 0.717) is 6.42 Å². The third-order valence-corrected chi connectivity index (χ3v) is 8.43. The molecule has 0 fully saturated rings. The van der Waals surface area contributed by atoms with Gasteiger partial charge in [-0.05, 0) is 23.7 Å². The molecule has 4 nitrogen and oxygen atoms in total. The van der Waals surface area contributed by atoms with Crippen molar-refractivity contribution in [2.75, 3.05) is 0 Å². The Hall–Kier alpha value is -1.62. The van der Waals surface area contributed by atoms with Crippen molar-refractivity contribution in [2.45, 2.75) is 58.3 Å². The van der Waals surface area contributed by atoms with Crippen LogP contribution in [0.4, 0.5) is 0 Å². The second kappa shape index (κ2) is 7.09. The average molecular weight is 321 g/mol. The Bertz CT molecular complexity index is 520. The molecule has 0 heterocycles. The summed E-state index contributed by atoms with van der Waals surface area (Å²) in [5.74, 6) is -0.571. The monoisotopic (exact) mass is 321 g/mol. The summed E-state index contributed by atoms with van der Waals surface area (Å²) in [6.45, 7) is 11.7. The molecule has 0 aliphatic carbocycles. The summed E-state index contributed by atoms with van der Waals surface area (Å²) in [5, 5.41) is 2.65. The molecule has 1 amide bonds. The molecular formula is C17H27NO3Si. The summed E-state index contributed by atoms with van der Waals surface area (Å²) in [6, 6.07) is 8.99. The fourth-order valence-corrected chi connectivity index (χ4v) is 2.72. The number of amides is 1. The van der Waals surface area contributed by atoms with Gasteiger partial charge in [0.25, 0.3) is 8.32 Å². The predicted octanol–water partition coefficient (Wildman–Crippen LogP) is 3.28. The molecule has 0 saturated carbocycles. The number of carbonyl (C=O) groups is 2. The molecule has 5 heteroatoms. The standard InChI is InChI=1S/C17H27NO3Si/c1-13(19)18-15(12-14-10-8-7-9-11-14)16(20)21-22(5,6)17(2,3)4/h7-11,15H,12H2,1-6H3,(H,18,19). The van der Waals surface area contributed by atoms with Crippen LogP contribution in [0.15, 0.2) is 30.3 Å². The van der Waals surface area contributed by atoms with Crippen LogP contribution in [0.1, 0.15) is 33.3 Å². The molecule has 0 bridgehead atoms. The molecule has 0 aromatic heterocycles. The third-order valence-electron chi connectivity index (χ3n) is 4.11. The van der Waals surface area contributed by atoms with E-state index in [1.54, 1.807) is 0 Å². The fraction of sp³-hybridized carbons (Fsp3) is 0.529. The number of nitrogens with one attached hydrogen (secondary N) is 1. The fourth-order valence-electron chi connectivity index (χ4n) is 1.76. The van der Waals surface area contributed by atoms with Crippen molar-refractivity contribution in [2.24, 2.45) is 0 Å². The zero-order valence-corrected chi connectivity index (χ0v) is 15.4. The van der Waals surface area contributed by atoms with Crippen molar-refractivity contribution in [3.05, 3.63) is 35.9 Å². The minimum atomic E-state index is -2.20. The van der Waals surface area contributed by atoms with Crippen LogP contribution < -0.4 is 5.32 Å². The van der Waals surface area contributed by atoms with Gasteiger partial charge in [0.2, 0.25) is 5.91 Å². The summed E-state index contributed by atoms with van der Waals surface area (Å²) in [7, 11) is -2.20. The smallest absolute Gasteiger partial charge is 0.315 e. The van der Waals surface area contributed by atoms with E-state index in [0.717, 1.165) is 5.56 Å². The lowest BCUT2D eigenvalue weighted by Gasteiger charge is -2.36. The molecule has 1 rings (SSSR count). The van der Waals surface area contributed by atoms with Crippen LogP contribution in [-0.4, -0.2) is 26.2 Å². The number of hydrogen-bond donors (Lipinski definition) is 1. The van der Waals surface area contributed by atoms with Crippen molar-refractivity contribution in [3.8, 4) is 0 Å². The Morgan fingerprint density at radius 1 is 1.18 bits per heavy atom. The highest BCUT2D eigenvalue weighted by atomic mass is 28.4. The molecule has 0 radical (unpaired) electrons. The lowest BCUT2D eigenvalue weighted by Crippen LogP contribution is -2.49. The van der Waals surface area contributed by atoms with E-state index in [-0.39, 0.29) is 16.9 Å². The first-order chi connectivity index (χ1) is 10.0. The van der Waals surface area contributed by atoms with Crippen LogP contribution in [0.25, 0.3) is 0 Å². The Balaban J connectivity index is 2.88. The summed E-state index contributed by atoms with van der Waals surface area (Å²) in [4.78, 5) is 23.9. The number of hydrogen-bond acceptors (Lipinski definition) is 3. The molecule has 0 aliphatic heterocycles. The molecule has 1 atom stereocenters. The zero-order valence-electron chi connectivity index (χ0n) is 14.4. The number of rotatable bonds is 5. The van der Waals surface area contributed by atoms with E-state index in [1.165, 1.54) is 6.92 Å². The Labute approximate surface area is 134 Å². The van der Waals surface area contributed by atoms with Crippen LogP contribution >= 0.6 is 0 Å². The van der Waals surface area contributed by atoms with Crippen molar-refractivity contribution in [3.63, 3.8) is 0 Å². The van der Waals surface area contributed by atoms with E-state index in [2.05, 4.69) is 26.1 Å². The van der Waals surface area contributed by atoms with Crippen molar-refractivity contribution < 1.29 is 14.0 Å². The highest BCUT2D eigenvalue weighted by Gasteiger charge is 2.41. The van der Waals surface area contributed by atoms with E-state index in [4.69, 9.17) is 4.43 Å². The SMILES string of the molecule is CC(=O)NC(Cc1ccccc1)C(=O)O[Si](C)(C)C(C)(C)C. The van der Waals surface area contributed by atoms with Crippen LogP contribution in [0.5, 0.6) is 0 Å². The topological polar surface area (TPSA) is 55.4 Å². The van der Waals surface area contributed by atoms with Crippen molar-refractivity contribution in [1.29, 1.82) is 0 Å². The summed E-state index contributed by atoms with van der Waals surface area (Å²) < 4.78 is 5.82. The molecule has 22 heavy (non-hydrogen) atoms. The molecule has 1 N–H and O–H groups in total. The molecule has 1 aromatic rings. The molecule has 1 unspecified atom stereocenters. The van der Waals surface area contributed by atoms with Gasteiger partial charge in [0.1, 0.15) is 6.04 Å².